The first-order valence-electron chi connectivity index (χ1n) is 9.05. The largest absolute Gasteiger partial charge is 0.497 e. The van der Waals surface area contributed by atoms with Crippen LogP contribution in [0.25, 0.3) is 11.2 Å². The SMILES string of the molecule is COc1ccc(Cn2c(NC3CCC3)nc3c2c(=O)n(C)c(=O)n3C)cc1. The van der Waals surface area contributed by atoms with Crippen molar-refractivity contribution in [3.8, 4) is 5.75 Å². The first-order chi connectivity index (χ1) is 13.0. The predicted molar refractivity (Wildman–Crippen MR) is 104 cm³/mol. The predicted octanol–water partition coefficient (Wildman–Crippen LogP) is 1.45. The van der Waals surface area contributed by atoms with Crippen LogP contribution in [0.3, 0.4) is 0 Å². The average molecular weight is 369 g/mol. The number of rotatable bonds is 5. The van der Waals surface area contributed by atoms with Crippen molar-refractivity contribution in [3.05, 3.63) is 50.7 Å². The Morgan fingerprint density at radius 2 is 1.85 bits per heavy atom. The first kappa shape index (κ1) is 17.4. The Balaban J connectivity index is 1.87. The molecule has 0 amide bonds. The van der Waals surface area contributed by atoms with Gasteiger partial charge in [0.05, 0.1) is 13.7 Å². The van der Waals surface area contributed by atoms with E-state index in [0.717, 1.165) is 28.7 Å². The normalized spacial score (nSPS) is 14.3. The molecule has 0 radical (unpaired) electrons. The maximum atomic E-state index is 12.8. The van der Waals surface area contributed by atoms with Gasteiger partial charge in [0, 0.05) is 20.1 Å². The van der Waals surface area contributed by atoms with E-state index in [4.69, 9.17) is 4.74 Å². The molecule has 0 saturated heterocycles. The van der Waals surface area contributed by atoms with Crippen LogP contribution in [0.4, 0.5) is 5.95 Å². The van der Waals surface area contributed by atoms with Gasteiger partial charge in [0.2, 0.25) is 5.95 Å². The van der Waals surface area contributed by atoms with Crippen molar-refractivity contribution in [2.75, 3.05) is 12.4 Å². The van der Waals surface area contributed by atoms with Crippen LogP contribution >= 0.6 is 0 Å². The Morgan fingerprint density at radius 1 is 1.15 bits per heavy atom. The van der Waals surface area contributed by atoms with E-state index in [1.165, 1.54) is 18.0 Å². The molecule has 1 fully saturated rings. The molecule has 142 valence electrons. The lowest BCUT2D eigenvalue weighted by atomic mass is 9.93. The van der Waals surface area contributed by atoms with E-state index in [9.17, 15) is 9.59 Å². The summed E-state index contributed by atoms with van der Waals surface area (Å²) < 4.78 is 9.64. The molecular formula is C19H23N5O3. The Hall–Kier alpha value is -3.03. The van der Waals surface area contributed by atoms with Crippen LogP contribution in [0.15, 0.2) is 33.9 Å². The fraction of sp³-hybridized carbons (Fsp3) is 0.421. The molecule has 0 unspecified atom stereocenters. The standard InChI is InChI=1S/C19H23N5O3/c1-22-16-15(17(25)23(2)19(22)26)24(18(21-16)20-13-5-4-6-13)11-12-7-9-14(27-3)10-8-12/h7-10,13H,4-6,11H2,1-3H3,(H,20,21). The van der Waals surface area contributed by atoms with E-state index < -0.39 is 0 Å². The Kier molecular flexibility index (Phi) is 4.25. The van der Waals surface area contributed by atoms with Gasteiger partial charge in [-0.05, 0) is 37.0 Å². The highest BCUT2D eigenvalue weighted by molar-refractivity contribution is 5.74. The number of imidazole rings is 1. The molecule has 4 rings (SSSR count). The first-order valence-corrected chi connectivity index (χ1v) is 9.05. The summed E-state index contributed by atoms with van der Waals surface area (Å²) in [6.45, 7) is 0.475. The maximum Gasteiger partial charge on any atom is 0.332 e. The molecule has 2 aromatic heterocycles. The molecule has 3 aromatic rings. The number of fused-ring (bicyclic) bond motifs is 1. The van der Waals surface area contributed by atoms with Gasteiger partial charge in [-0.3, -0.25) is 18.5 Å². The summed E-state index contributed by atoms with van der Waals surface area (Å²) in [5, 5.41) is 3.44. The topological polar surface area (TPSA) is 83.1 Å². The lowest BCUT2D eigenvalue weighted by Gasteiger charge is -2.27. The van der Waals surface area contributed by atoms with Gasteiger partial charge in [0.1, 0.15) is 5.75 Å². The third-order valence-corrected chi connectivity index (χ3v) is 5.29. The van der Waals surface area contributed by atoms with Crippen LogP contribution in [-0.2, 0) is 20.6 Å². The number of hydrogen-bond acceptors (Lipinski definition) is 5. The van der Waals surface area contributed by atoms with Crippen molar-refractivity contribution in [2.45, 2.75) is 31.8 Å². The second-order valence-corrected chi connectivity index (χ2v) is 7.02. The highest BCUT2D eigenvalue weighted by Crippen LogP contribution is 2.25. The zero-order valence-electron chi connectivity index (χ0n) is 15.7. The molecule has 0 atom stereocenters. The summed E-state index contributed by atoms with van der Waals surface area (Å²) in [6, 6.07) is 8.06. The van der Waals surface area contributed by atoms with Crippen molar-refractivity contribution in [3.63, 3.8) is 0 Å². The minimum Gasteiger partial charge on any atom is -0.497 e. The number of nitrogens with zero attached hydrogens (tertiary/aromatic N) is 4. The van der Waals surface area contributed by atoms with Crippen LogP contribution in [0.5, 0.6) is 5.75 Å². The summed E-state index contributed by atoms with van der Waals surface area (Å²) in [4.78, 5) is 29.7. The summed E-state index contributed by atoms with van der Waals surface area (Å²) >= 11 is 0. The number of methoxy groups -OCH3 is 1. The van der Waals surface area contributed by atoms with Gasteiger partial charge >= 0.3 is 5.69 Å². The smallest absolute Gasteiger partial charge is 0.332 e. The van der Waals surface area contributed by atoms with E-state index in [1.54, 1.807) is 14.2 Å². The average Bonchev–Trinajstić information content (AvgIpc) is 3.00. The molecule has 27 heavy (non-hydrogen) atoms. The van der Waals surface area contributed by atoms with Gasteiger partial charge in [-0.2, -0.15) is 4.98 Å². The number of anilines is 1. The number of nitrogens with one attached hydrogen (secondary N) is 1. The number of aryl methyl sites for hydroxylation is 1. The third kappa shape index (κ3) is 2.90. The van der Waals surface area contributed by atoms with E-state index in [2.05, 4.69) is 10.3 Å². The minimum atomic E-state index is -0.378. The number of hydrogen-bond donors (Lipinski definition) is 1. The van der Waals surface area contributed by atoms with Crippen LogP contribution in [0, 0.1) is 0 Å². The van der Waals surface area contributed by atoms with E-state index in [-0.39, 0.29) is 11.2 Å². The fourth-order valence-electron chi connectivity index (χ4n) is 3.36. The van der Waals surface area contributed by atoms with Crippen LogP contribution in [0.2, 0.25) is 0 Å². The molecule has 8 nitrogen and oxygen atoms in total. The van der Waals surface area contributed by atoms with E-state index in [1.807, 2.05) is 28.8 Å². The van der Waals surface area contributed by atoms with Crippen molar-refractivity contribution < 1.29 is 4.74 Å². The highest BCUT2D eigenvalue weighted by Gasteiger charge is 2.23. The molecule has 1 saturated carbocycles. The van der Waals surface area contributed by atoms with Crippen molar-refractivity contribution in [2.24, 2.45) is 14.1 Å². The zero-order chi connectivity index (χ0) is 19.1. The lowest BCUT2D eigenvalue weighted by Crippen LogP contribution is -2.37. The molecule has 1 aliphatic carbocycles. The van der Waals surface area contributed by atoms with Gasteiger partial charge in [-0.25, -0.2) is 4.79 Å². The van der Waals surface area contributed by atoms with Gasteiger partial charge in [0.25, 0.3) is 5.56 Å². The van der Waals surface area contributed by atoms with Gasteiger partial charge in [-0.1, -0.05) is 12.1 Å². The van der Waals surface area contributed by atoms with Crippen LogP contribution in [-0.4, -0.2) is 31.8 Å². The van der Waals surface area contributed by atoms with E-state index >= 15 is 0 Å². The molecule has 8 heteroatoms. The number of benzene rings is 1. The number of ether oxygens (including phenoxy) is 1. The Bertz CT molecular complexity index is 1100. The third-order valence-electron chi connectivity index (χ3n) is 5.29. The van der Waals surface area contributed by atoms with Crippen molar-refractivity contribution >= 4 is 17.1 Å². The van der Waals surface area contributed by atoms with Gasteiger partial charge in [0.15, 0.2) is 11.2 Å². The monoisotopic (exact) mass is 369 g/mol. The quantitative estimate of drug-likeness (QED) is 0.736. The summed E-state index contributed by atoms with van der Waals surface area (Å²) in [7, 11) is 4.76. The van der Waals surface area contributed by atoms with Crippen molar-refractivity contribution in [1.82, 2.24) is 18.7 Å². The van der Waals surface area contributed by atoms with Crippen LogP contribution < -0.4 is 21.3 Å². The molecule has 0 bridgehead atoms. The molecule has 0 spiro atoms. The Labute approximate surface area is 156 Å². The molecule has 1 N–H and O–H groups in total. The van der Waals surface area contributed by atoms with Gasteiger partial charge < -0.3 is 10.1 Å². The second-order valence-electron chi connectivity index (χ2n) is 7.02. The molecule has 0 aliphatic heterocycles. The van der Waals surface area contributed by atoms with E-state index in [0.29, 0.717) is 29.7 Å². The summed E-state index contributed by atoms with van der Waals surface area (Å²) in [5.41, 5.74) is 1.13. The highest BCUT2D eigenvalue weighted by atomic mass is 16.5. The molecular weight excluding hydrogens is 346 g/mol. The number of aromatic nitrogens is 4. The Morgan fingerprint density at radius 3 is 2.44 bits per heavy atom. The minimum absolute atomic E-state index is 0.337. The summed E-state index contributed by atoms with van der Waals surface area (Å²) in [5.74, 6) is 1.41. The van der Waals surface area contributed by atoms with Crippen LogP contribution in [0.1, 0.15) is 24.8 Å². The molecule has 1 aromatic carbocycles. The molecule has 1 aliphatic rings. The second kappa shape index (κ2) is 6.61. The van der Waals surface area contributed by atoms with Crippen molar-refractivity contribution in [1.29, 1.82) is 0 Å². The fourth-order valence-corrected chi connectivity index (χ4v) is 3.36. The van der Waals surface area contributed by atoms with Gasteiger partial charge in [-0.15, -0.1) is 0 Å². The summed E-state index contributed by atoms with van der Waals surface area (Å²) in [6.07, 6.45) is 3.36. The maximum absolute atomic E-state index is 12.8. The zero-order valence-corrected chi connectivity index (χ0v) is 15.7. The lowest BCUT2D eigenvalue weighted by molar-refractivity contribution is 0.414. The molecule has 2 heterocycles.